The van der Waals surface area contributed by atoms with E-state index in [2.05, 4.69) is 0 Å². The predicted octanol–water partition coefficient (Wildman–Crippen LogP) is 0.875. The number of hydrogen-bond donors (Lipinski definition) is 1. The Labute approximate surface area is 128 Å². The van der Waals surface area contributed by atoms with Gasteiger partial charge in [0.15, 0.2) is 6.61 Å². The van der Waals surface area contributed by atoms with Crippen molar-refractivity contribution in [1.82, 2.24) is 0 Å². The number of nitro groups is 2. The standard InChI is InChI=1S/C12H11N3O8/c1-6(16)13-3-2-7-11(13)8(14(19)20)4-9(15(21)22)12(7)23-5-10(17)18/h4H,2-3,5H2,1H3,(H,17,18). The minimum absolute atomic E-state index is 0.0855. The number of ether oxygens (including phenoxy) is 1. The summed E-state index contributed by atoms with van der Waals surface area (Å²) < 4.78 is 4.96. The number of aliphatic carboxylic acids is 1. The van der Waals surface area contributed by atoms with Crippen molar-refractivity contribution in [2.45, 2.75) is 13.3 Å². The molecule has 0 bridgehead atoms. The zero-order valence-electron chi connectivity index (χ0n) is 11.8. The fraction of sp³-hybridized carbons (Fsp3) is 0.333. The topological polar surface area (TPSA) is 153 Å². The van der Waals surface area contributed by atoms with Gasteiger partial charge in [0.2, 0.25) is 11.7 Å². The average Bonchev–Trinajstić information content (AvgIpc) is 2.88. The van der Waals surface area contributed by atoms with Crippen LogP contribution in [0.15, 0.2) is 6.07 Å². The first-order valence-corrected chi connectivity index (χ1v) is 6.35. The van der Waals surface area contributed by atoms with Crippen molar-refractivity contribution in [3.05, 3.63) is 31.9 Å². The molecular formula is C12H11N3O8. The second kappa shape index (κ2) is 5.87. The maximum absolute atomic E-state index is 11.6. The Bertz CT molecular complexity index is 730. The van der Waals surface area contributed by atoms with Crippen molar-refractivity contribution in [3.63, 3.8) is 0 Å². The van der Waals surface area contributed by atoms with E-state index in [9.17, 15) is 29.8 Å². The zero-order chi connectivity index (χ0) is 17.3. The molecule has 1 aliphatic rings. The van der Waals surface area contributed by atoms with Crippen LogP contribution >= 0.6 is 0 Å². The molecule has 23 heavy (non-hydrogen) atoms. The molecule has 0 radical (unpaired) electrons. The molecule has 11 nitrogen and oxygen atoms in total. The molecule has 0 spiro atoms. The number of nitrogens with zero attached hydrogens (tertiary/aromatic N) is 3. The summed E-state index contributed by atoms with van der Waals surface area (Å²) in [6.07, 6.45) is 0.0897. The number of carbonyl (C=O) groups excluding carboxylic acids is 1. The van der Waals surface area contributed by atoms with E-state index in [1.54, 1.807) is 0 Å². The highest BCUT2D eigenvalue weighted by atomic mass is 16.6. The zero-order valence-corrected chi connectivity index (χ0v) is 11.8. The summed E-state index contributed by atoms with van der Waals surface area (Å²) in [6, 6.07) is 0.678. The highest BCUT2D eigenvalue weighted by Gasteiger charge is 2.38. The van der Waals surface area contributed by atoms with Gasteiger partial charge in [0.05, 0.1) is 9.85 Å². The Morgan fingerprint density at radius 3 is 2.39 bits per heavy atom. The maximum Gasteiger partial charge on any atom is 0.341 e. The van der Waals surface area contributed by atoms with E-state index in [1.165, 1.54) is 6.92 Å². The van der Waals surface area contributed by atoms with Crippen molar-refractivity contribution >= 4 is 28.9 Å². The van der Waals surface area contributed by atoms with Gasteiger partial charge in [-0.1, -0.05) is 0 Å². The maximum atomic E-state index is 11.6. The summed E-state index contributed by atoms with van der Waals surface area (Å²) in [5.74, 6) is -2.18. The first kappa shape index (κ1) is 16.1. The summed E-state index contributed by atoms with van der Waals surface area (Å²) in [5.41, 5.74) is -1.31. The molecule has 1 N–H and O–H groups in total. The molecule has 1 aromatic rings. The molecule has 1 heterocycles. The number of carboxylic acids is 1. The summed E-state index contributed by atoms with van der Waals surface area (Å²) in [4.78, 5) is 44.0. The van der Waals surface area contributed by atoms with Gasteiger partial charge in [0.1, 0.15) is 11.8 Å². The summed E-state index contributed by atoms with van der Waals surface area (Å²) in [5, 5.41) is 31.0. The predicted molar refractivity (Wildman–Crippen MR) is 74.6 cm³/mol. The average molecular weight is 325 g/mol. The number of amides is 1. The van der Waals surface area contributed by atoms with E-state index in [0.717, 1.165) is 4.90 Å². The van der Waals surface area contributed by atoms with Gasteiger partial charge in [-0.3, -0.25) is 25.0 Å². The minimum atomic E-state index is -1.35. The Morgan fingerprint density at radius 1 is 1.30 bits per heavy atom. The molecule has 0 saturated heterocycles. The van der Waals surface area contributed by atoms with Crippen molar-refractivity contribution in [1.29, 1.82) is 0 Å². The minimum Gasteiger partial charge on any atom is -0.479 e. The number of fused-ring (bicyclic) bond motifs is 1. The van der Waals surface area contributed by atoms with Crippen LogP contribution in [-0.2, 0) is 16.0 Å². The smallest absolute Gasteiger partial charge is 0.341 e. The van der Waals surface area contributed by atoms with Gasteiger partial charge in [0, 0.05) is 19.0 Å². The summed E-state index contributed by atoms with van der Waals surface area (Å²) >= 11 is 0. The van der Waals surface area contributed by atoms with E-state index in [0.29, 0.717) is 6.07 Å². The number of anilines is 1. The van der Waals surface area contributed by atoms with Crippen molar-refractivity contribution in [2.24, 2.45) is 0 Å². The second-order valence-corrected chi connectivity index (χ2v) is 4.69. The number of carboxylic acid groups (broad SMARTS) is 1. The van der Waals surface area contributed by atoms with Crippen LogP contribution in [0.1, 0.15) is 12.5 Å². The molecule has 1 aromatic carbocycles. The lowest BCUT2D eigenvalue weighted by atomic mass is 10.1. The van der Waals surface area contributed by atoms with E-state index in [-0.39, 0.29) is 30.0 Å². The number of carbonyl (C=O) groups is 2. The molecule has 1 aliphatic heterocycles. The molecule has 11 heteroatoms. The van der Waals surface area contributed by atoms with Crippen LogP contribution in [-0.4, -0.2) is 40.0 Å². The molecule has 0 aliphatic carbocycles. The van der Waals surface area contributed by atoms with E-state index in [4.69, 9.17) is 9.84 Å². The molecule has 0 saturated carbocycles. The lowest BCUT2D eigenvalue weighted by Crippen LogP contribution is -2.26. The van der Waals surface area contributed by atoms with Gasteiger partial charge < -0.3 is 14.7 Å². The van der Waals surface area contributed by atoms with E-state index in [1.807, 2.05) is 0 Å². The van der Waals surface area contributed by atoms with E-state index < -0.39 is 39.7 Å². The van der Waals surface area contributed by atoms with Crippen LogP contribution in [0, 0.1) is 20.2 Å². The largest absolute Gasteiger partial charge is 0.479 e. The molecule has 0 atom stereocenters. The Kier molecular flexibility index (Phi) is 4.12. The van der Waals surface area contributed by atoms with Gasteiger partial charge >= 0.3 is 11.7 Å². The van der Waals surface area contributed by atoms with Crippen molar-refractivity contribution in [3.8, 4) is 5.75 Å². The molecular weight excluding hydrogens is 314 g/mol. The Balaban J connectivity index is 2.71. The number of rotatable bonds is 5. The van der Waals surface area contributed by atoms with Crippen LogP contribution in [0.25, 0.3) is 0 Å². The third-order valence-electron chi connectivity index (χ3n) is 3.28. The van der Waals surface area contributed by atoms with Crippen molar-refractivity contribution < 1.29 is 29.3 Å². The van der Waals surface area contributed by atoms with Crippen LogP contribution in [0.2, 0.25) is 0 Å². The Morgan fingerprint density at radius 2 is 1.91 bits per heavy atom. The van der Waals surface area contributed by atoms with Gasteiger partial charge in [0.25, 0.3) is 5.69 Å². The quantitative estimate of drug-likeness (QED) is 0.618. The number of benzene rings is 1. The molecule has 122 valence electrons. The summed E-state index contributed by atoms with van der Waals surface area (Å²) in [6.45, 7) is 0.458. The van der Waals surface area contributed by atoms with Gasteiger partial charge in [-0.2, -0.15) is 0 Å². The highest BCUT2D eigenvalue weighted by molar-refractivity contribution is 5.98. The lowest BCUT2D eigenvalue weighted by molar-refractivity contribution is -0.394. The fourth-order valence-corrected chi connectivity index (χ4v) is 2.43. The lowest BCUT2D eigenvalue weighted by Gasteiger charge is -2.15. The molecule has 0 unspecified atom stereocenters. The van der Waals surface area contributed by atoms with E-state index >= 15 is 0 Å². The molecule has 0 fully saturated rings. The van der Waals surface area contributed by atoms with Crippen molar-refractivity contribution in [2.75, 3.05) is 18.1 Å². The van der Waals surface area contributed by atoms with Gasteiger partial charge in [-0.25, -0.2) is 4.79 Å². The molecule has 0 aromatic heterocycles. The van der Waals surface area contributed by atoms with Crippen LogP contribution in [0.5, 0.6) is 5.75 Å². The van der Waals surface area contributed by atoms with Crippen LogP contribution < -0.4 is 9.64 Å². The molecule has 2 rings (SSSR count). The highest BCUT2D eigenvalue weighted by Crippen LogP contribution is 2.47. The fourth-order valence-electron chi connectivity index (χ4n) is 2.43. The first-order chi connectivity index (χ1) is 10.7. The van der Waals surface area contributed by atoms with Gasteiger partial charge in [-0.15, -0.1) is 0 Å². The first-order valence-electron chi connectivity index (χ1n) is 6.35. The third kappa shape index (κ3) is 2.88. The van der Waals surface area contributed by atoms with Gasteiger partial charge in [-0.05, 0) is 6.42 Å². The number of hydrogen-bond acceptors (Lipinski definition) is 7. The molecule has 1 amide bonds. The summed E-state index contributed by atoms with van der Waals surface area (Å²) in [7, 11) is 0. The Hall–Kier alpha value is -3.24. The normalized spacial score (nSPS) is 12.7. The van der Waals surface area contributed by atoms with Crippen LogP contribution in [0.4, 0.5) is 17.1 Å². The van der Waals surface area contributed by atoms with Crippen LogP contribution in [0.3, 0.4) is 0 Å². The third-order valence-corrected chi connectivity index (χ3v) is 3.28. The monoisotopic (exact) mass is 325 g/mol. The number of nitro benzene ring substituents is 2. The SMILES string of the molecule is CC(=O)N1CCc2c(OCC(=O)O)c([N+](=O)[O-])cc([N+](=O)[O-])c21. The second-order valence-electron chi connectivity index (χ2n) is 4.69.